The van der Waals surface area contributed by atoms with Crippen LogP contribution in [-0.2, 0) is 11.8 Å². The van der Waals surface area contributed by atoms with E-state index in [2.05, 4.69) is 162 Å². The summed E-state index contributed by atoms with van der Waals surface area (Å²) in [4.78, 5) is 0. The number of allylic oxidation sites excluding steroid dienone is 1. The second kappa shape index (κ2) is 9.78. The number of hydrogen-bond donors (Lipinski definition) is 0. The number of fused-ring (bicyclic) bond motifs is 17. The first-order valence-electron chi connectivity index (χ1n) is 17.8. The minimum atomic E-state index is -0.568. The van der Waals surface area contributed by atoms with Gasteiger partial charge in [-0.05, 0) is 118 Å². The molecule has 2 heterocycles. The first-order chi connectivity index (χ1) is 25.3. The zero-order chi connectivity index (χ0) is 33.3. The van der Waals surface area contributed by atoms with Crippen LogP contribution in [0.1, 0.15) is 40.0 Å². The Morgan fingerprint density at radius 2 is 1.45 bits per heavy atom. The Balaban J connectivity index is 1.19. The number of furan rings is 1. The summed E-state index contributed by atoms with van der Waals surface area (Å²) in [6, 6.07) is 58.4. The van der Waals surface area contributed by atoms with Gasteiger partial charge in [0.05, 0.1) is 16.4 Å². The van der Waals surface area contributed by atoms with Gasteiger partial charge in [-0.25, -0.2) is 0 Å². The lowest BCUT2D eigenvalue weighted by atomic mass is 9.69. The molecule has 7 aromatic carbocycles. The Morgan fingerprint density at radius 3 is 2.41 bits per heavy atom. The highest BCUT2D eigenvalue weighted by Crippen LogP contribution is 2.64. The zero-order valence-corrected chi connectivity index (χ0v) is 27.7. The molecule has 12 rings (SSSR count). The number of benzene rings is 6. The van der Waals surface area contributed by atoms with Crippen molar-refractivity contribution >= 4 is 38.9 Å². The third-order valence-corrected chi connectivity index (χ3v) is 11.7. The molecule has 0 saturated heterocycles. The normalized spacial score (nSPS) is 14.4. The van der Waals surface area contributed by atoms with Crippen molar-refractivity contribution in [2.75, 3.05) is 0 Å². The predicted molar refractivity (Wildman–Crippen MR) is 207 cm³/mol. The van der Waals surface area contributed by atoms with Crippen molar-refractivity contribution in [3.63, 3.8) is 0 Å². The summed E-state index contributed by atoms with van der Waals surface area (Å²) >= 11 is 0. The van der Waals surface area contributed by atoms with E-state index in [1.807, 2.05) is 6.07 Å². The molecule has 2 aromatic heterocycles. The molecule has 0 aliphatic heterocycles. The Bertz CT molecular complexity index is 2930. The molecule has 1 unspecified atom stereocenters. The van der Waals surface area contributed by atoms with E-state index < -0.39 is 5.41 Å². The van der Waals surface area contributed by atoms with Crippen molar-refractivity contribution in [2.24, 2.45) is 0 Å². The van der Waals surface area contributed by atoms with Crippen LogP contribution in [0.2, 0.25) is 0 Å². The fourth-order valence-electron chi connectivity index (χ4n) is 9.73. The van der Waals surface area contributed by atoms with Gasteiger partial charge in [0.25, 0.3) is 0 Å². The van der Waals surface area contributed by atoms with Crippen LogP contribution in [0.3, 0.4) is 0 Å². The lowest BCUT2D eigenvalue weighted by molar-refractivity contribution is 0.595. The number of rotatable bonds is 2. The second-order valence-corrected chi connectivity index (χ2v) is 14.1. The van der Waals surface area contributed by atoms with Gasteiger partial charge in [0, 0.05) is 33.0 Å². The first-order valence-corrected chi connectivity index (χ1v) is 17.8. The third-order valence-electron chi connectivity index (χ3n) is 11.7. The molecule has 3 aliphatic carbocycles. The van der Waals surface area contributed by atoms with Crippen molar-refractivity contribution in [3.8, 4) is 39.1 Å². The smallest absolute Gasteiger partial charge is 0.135 e. The Hall–Kier alpha value is -6.56. The summed E-state index contributed by atoms with van der Waals surface area (Å²) in [6.07, 6.45) is 6.39. The molecule has 3 aliphatic rings. The van der Waals surface area contributed by atoms with Gasteiger partial charge in [-0.3, -0.25) is 0 Å². The molecule has 51 heavy (non-hydrogen) atoms. The van der Waals surface area contributed by atoms with Crippen LogP contribution < -0.4 is 0 Å². The SMILES string of the molecule is c1ccc2c(c#1)C1(c3ccccc3-2)c2cc(-n3c4ccccc4c4cc(-c5ccccc5)ccc43)ccc2-c2ccc3oc4c(c3c21)CCC=C4. The van der Waals surface area contributed by atoms with Crippen LogP contribution in [0.4, 0.5) is 0 Å². The Kier molecular flexibility index (Phi) is 5.23. The summed E-state index contributed by atoms with van der Waals surface area (Å²) < 4.78 is 9.06. The molecule has 0 radical (unpaired) electrons. The lowest BCUT2D eigenvalue weighted by Crippen LogP contribution is -2.26. The number of aromatic nitrogens is 1. The minimum Gasteiger partial charge on any atom is -0.456 e. The maximum absolute atomic E-state index is 6.60. The summed E-state index contributed by atoms with van der Waals surface area (Å²) in [7, 11) is 0. The summed E-state index contributed by atoms with van der Waals surface area (Å²) in [5.41, 5.74) is 17.8. The van der Waals surface area contributed by atoms with Gasteiger partial charge >= 0.3 is 0 Å². The predicted octanol–water partition coefficient (Wildman–Crippen LogP) is 12.1. The van der Waals surface area contributed by atoms with E-state index in [9.17, 15) is 0 Å². The zero-order valence-electron chi connectivity index (χ0n) is 27.7. The van der Waals surface area contributed by atoms with Gasteiger partial charge in [0.2, 0.25) is 0 Å². The second-order valence-electron chi connectivity index (χ2n) is 14.1. The molecule has 236 valence electrons. The van der Waals surface area contributed by atoms with Crippen LogP contribution >= 0.6 is 0 Å². The molecule has 0 fully saturated rings. The first kappa shape index (κ1) is 27.3. The summed E-state index contributed by atoms with van der Waals surface area (Å²) in [6.45, 7) is 0. The topological polar surface area (TPSA) is 18.1 Å². The average molecular weight is 648 g/mol. The minimum absolute atomic E-state index is 0.568. The average Bonchev–Trinajstić information content (AvgIpc) is 3.91. The van der Waals surface area contributed by atoms with Gasteiger partial charge in [-0.2, -0.15) is 0 Å². The Labute approximate surface area is 295 Å². The Morgan fingerprint density at radius 1 is 0.627 bits per heavy atom. The van der Waals surface area contributed by atoms with E-state index in [0.717, 1.165) is 29.9 Å². The standard InChI is InChI=1S/C49H29NO/c1-2-12-30(13-3-1)31-22-26-44-39(28-31)36-16-6-10-20-43(36)50(44)32-23-24-35-37-25-27-46-47(38-17-7-11-21-45(38)51-46)48(37)49(42(35)29-32)40-18-8-4-14-33(40)34-15-5-9-19-41(34)49/h1-6,8,10-16,18,20-29H,7,17H2. The van der Waals surface area contributed by atoms with E-state index in [1.165, 1.54) is 88.4 Å². The molecule has 9 aromatic rings. The maximum atomic E-state index is 6.60. The van der Waals surface area contributed by atoms with Gasteiger partial charge < -0.3 is 8.98 Å². The maximum Gasteiger partial charge on any atom is 0.135 e. The largest absolute Gasteiger partial charge is 0.456 e. The van der Waals surface area contributed by atoms with E-state index in [1.54, 1.807) is 0 Å². The molecule has 0 bridgehead atoms. The molecule has 0 N–H and O–H groups in total. The highest BCUT2D eigenvalue weighted by molar-refractivity contribution is 6.11. The summed E-state index contributed by atoms with van der Waals surface area (Å²) in [5, 5.41) is 3.77. The van der Waals surface area contributed by atoms with E-state index in [4.69, 9.17) is 4.42 Å². The molecule has 1 atom stereocenters. The molecule has 0 amide bonds. The van der Waals surface area contributed by atoms with Crippen LogP contribution in [-0.4, -0.2) is 4.57 Å². The molecular formula is C49H29NO. The molecule has 0 saturated carbocycles. The van der Waals surface area contributed by atoms with Crippen molar-refractivity contribution in [1.29, 1.82) is 0 Å². The molecule has 2 heteroatoms. The number of para-hydroxylation sites is 1. The molecule has 1 spiro atoms. The number of nitrogens with zero attached hydrogens (tertiary/aromatic N) is 1. The van der Waals surface area contributed by atoms with Crippen LogP contribution in [0.5, 0.6) is 0 Å². The molecule has 2 nitrogen and oxygen atoms in total. The highest BCUT2D eigenvalue weighted by atomic mass is 16.3. The van der Waals surface area contributed by atoms with Crippen molar-refractivity contribution < 1.29 is 4.42 Å². The summed E-state index contributed by atoms with van der Waals surface area (Å²) in [5.74, 6) is 0.992. The van der Waals surface area contributed by atoms with E-state index in [-0.39, 0.29) is 0 Å². The fraction of sp³-hybridized carbons (Fsp3) is 0.0612. The quantitative estimate of drug-likeness (QED) is 0.183. The molecular weight excluding hydrogens is 619 g/mol. The number of hydrogen-bond acceptors (Lipinski definition) is 1. The van der Waals surface area contributed by atoms with E-state index >= 15 is 0 Å². The lowest BCUT2D eigenvalue weighted by Gasteiger charge is -2.30. The number of aryl methyl sites for hydroxylation is 1. The van der Waals surface area contributed by atoms with Gasteiger partial charge in [-0.1, -0.05) is 109 Å². The van der Waals surface area contributed by atoms with E-state index in [0.29, 0.717) is 0 Å². The fourth-order valence-corrected chi connectivity index (χ4v) is 9.73. The van der Waals surface area contributed by atoms with Crippen LogP contribution in [0, 0.1) is 12.1 Å². The van der Waals surface area contributed by atoms with Crippen LogP contribution in [0.25, 0.3) is 77.9 Å². The van der Waals surface area contributed by atoms with Gasteiger partial charge in [0.1, 0.15) is 11.3 Å². The van der Waals surface area contributed by atoms with Crippen LogP contribution in [0.15, 0.2) is 150 Å². The van der Waals surface area contributed by atoms with Gasteiger partial charge in [-0.15, -0.1) is 0 Å². The van der Waals surface area contributed by atoms with Gasteiger partial charge in [0.15, 0.2) is 0 Å². The van der Waals surface area contributed by atoms with Crippen molar-refractivity contribution in [2.45, 2.75) is 18.3 Å². The monoisotopic (exact) mass is 647 g/mol. The van der Waals surface area contributed by atoms with Crippen molar-refractivity contribution in [1.82, 2.24) is 4.57 Å². The third kappa shape index (κ3) is 3.39. The van der Waals surface area contributed by atoms with Crippen molar-refractivity contribution in [3.05, 3.63) is 191 Å². The highest BCUT2D eigenvalue weighted by Gasteiger charge is 2.53.